The van der Waals surface area contributed by atoms with E-state index in [4.69, 9.17) is 10.00 Å². The molecule has 108 valence electrons. The topological polar surface area (TPSA) is 56.6 Å². The van der Waals surface area contributed by atoms with Gasteiger partial charge in [-0.15, -0.1) is 11.3 Å². The number of carbonyl (C=O) groups excluding carboxylic acids is 1. The van der Waals surface area contributed by atoms with Crippen LogP contribution in [0.15, 0.2) is 12.1 Å². The zero-order valence-corrected chi connectivity index (χ0v) is 12.9. The minimum absolute atomic E-state index is 0.249. The van der Waals surface area contributed by atoms with E-state index >= 15 is 0 Å². The fourth-order valence-corrected chi connectivity index (χ4v) is 2.85. The molecule has 1 aliphatic rings. The molecule has 6 heteroatoms. The molecule has 2 heterocycles. The molecule has 0 unspecified atom stereocenters. The lowest BCUT2D eigenvalue weighted by Gasteiger charge is -2.36. The Morgan fingerprint density at radius 2 is 1.95 bits per heavy atom. The quantitative estimate of drug-likeness (QED) is 0.799. The Labute approximate surface area is 123 Å². The standard InChI is InChI=1S/C14H19N3O2S/c1-14(2,3)19-13(18)17-8-6-16(7-9-17)12-5-4-11(10-15)20-12/h4-5H,6-9H2,1-3H3. The fourth-order valence-electron chi connectivity index (χ4n) is 1.99. The van der Waals surface area contributed by atoms with Crippen LogP contribution in [0.25, 0.3) is 0 Å². The molecule has 0 N–H and O–H groups in total. The van der Waals surface area contributed by atoms with Crippen molar-refractivity contribution in [3.63, 3.8) is 0 Å². The Kier molecular flexibility index (Phi) is 4.19. The molecule has 1 aromatic rings. The van der Waals surface area contributed by atoms with Crippen LogP contribution in [-0.2, 0) is 4.74 Å². The van der Waals surface area contributed by atoms with Crippen LogP contribution in [0.1, 0.15) is 25.6 Å². The lowest BCUT2D eigenvalue weighted by atomic mass is 10.2. The van der Waals surface area contributed by atoms with E-state index < -0.39 is 5.60 Å². The minimum atomic E-state index is -0.455. The van der Waals surface area contributed by atoms with Crippen molar-refractivity contribution in [2.75, 3.05) is 31.1 Å². The number of nitriles is 1. The van der Waals surface area contributed by atoms with Crippen molar-refractivity contribution in [2.24, 2.45) is 0 Å². The first kappa shape index (κ1) is 14.7. The van der Waals surface area contributed by atoms with Crippen molar-refractivity contribution in [1.29, 1.82) is 5.26 Å². The molecule has 5 nitrogen and oxygen atoms in total. The highest BCUT2D eigenvalue weighted by atomic mass is 32.1. The molecule has 1 aliphatic heterocycles. The number of thiophene rings is 1. The van der Waals surface area contributed by atoms with Crippen LogP contribution in [0.3, 0.4) is 0 Å². The number of ether oxygens (including phenoxy) is 1. The van der Waals surface area contributed by atoms with E-state index in [0.29, 0.717) is 13.1 Å². The highest BCUT2D eigenvalue weighted by molar-refractivity contribution is 7.16. The van der Waals surface area contributed by atoms with E-state index in [1.807, 2.05) is 32.9 Å². The molecule has 0 atom stereocenters. The van der Waals surface area contributed by atoms with Gasteiger partial charge in [-0.05, 0) is 32.9 Å². The summed E-state index contributed by atoms with van der Waals surface area (Å²) >= 11 is 1.49. The van der Waals surface area contributed by atoms with Crippen molar-refractivity contribution in [3.05, 3.63) is 17.0 Å². The van der Waals surface area contributed by atoms with Gasteiger partial charge in [-0.2, -0.15) is 5.26 Å². The summed E-state index contributed by atoms with van der Waals surface area (Å²) in [6.07, 6.45) is -0.249. The summed E-state index contributed by atoms with van der Waals surface area (Å²) in [4.78, 5) is 16.6. The normalized spacial score (nSPS) is 15.9. The van der Waals surface area contributed by atoms with Gasteiger partial charge in [-0.1, -0.05) is 0 Å². The van der Waals surface area contributed by atoms with Crippen molar-refractivity contribution >= 4 is 22.4 Å². The van der Waals surface area contributed by atoms with Gasteiger partial charge < -0.3 is 14.5 Å². The number of anilines is 1. The fraction of sp³-hybridized carbons (Fsp3) is 0.571. The van der Waals surface area contributed by atoms with E-state index in [2.05, 4.69) is 11.0 Å². The van der Waals surface area contributed by atoms with Gasteiger partial charge in [0, 0.05) is 26.2 Å². The van der Waals surface area contributed by atoms with Crippen LogP contribution < -0.4 is 4.90 Å². The van der Waals surface area contributed by atoms with Gasteiger partial charge in [0.05, 0.1) is 5.00 Å². The Morgan fingerprint density at radius 3 is 2.45 bits per heavy atom. The third kappa shape index (κ3) is 3.64. The van der Waals surface area contributed by atoms with Gasteiger partial charge in [-0.25, -0.2) is 4.79 Å². The first-order valence-corrected chi connectivity index (χ1v) is 7.43. The number of nitrogens with zero attached hydrogens (tertiary/aromatic N) is 3. The number of hydrogen-bond acceptors (Lipinski definition) is 5. The zero-order valence-electron chi connectivity index (χ0n) is 12.0. The maximum Gasteiger partial charge on any atom is 0.410 e. The van der Waals surface area contributed by atoms with Crippen LogP contribution in [0, 0.1) is 11.3 Å². The van der Waals surface area contributed by atoms with Crippen LogP contribution in [0.5, 0.6) is 0 Å². The highest BCUT2D eigenvalue weighted by Crippen LogP contribution is 2.26. The second kappa shape index (κ2) is 5.71. The van der Waals surface area contributed by atoms with Gasteiger partial charge >= 0.3 is 6.09 Å². The van der Waals surface area contributed by atoms with Crippen LogP contribution in [-0.4, -0.2) is 42.8 Å². The summed E-state index contributed by atoms with van der Waals surface area (Å²) < 4.78 is 5.37. The second-order valence-corrected chi connectivity index (χ2v) is 6.77. The van der Waals surface area contributed by atoms with E-state index in [1.165, 1.54) is 11.3 Å². The van der Waals surface area contributed by atoms with Crippen molar-refractivity contribution < 1.29 is 9.53 Å². The van der Waals surface area contributed by atoms with Crippen LogP contribution >= 0.6 is 11.3 Å². The second-order valence-electron chi connectivity index (χ2n) is 5.70. The maximum absolute atomic E-state index is 12.0. The van der Waals surface area contributed by atoms with Gasteiger partial charge in [0.25, 0.3) is 0 Å². The molecule has 1 aromatic heterocycles. The predicted molar refractivity (Wildman–Crippen MR) is 79.1 cm³/mol. The Balaban J connectivity index is 1.89. The summed E-state index contributed by atoms with van der Waals surface area (Å²) in [5, 5.41) is 9.93. The van der Waals surface area contributed by atoms with Crippen LogP contribution in [0.2, 0.25) is 0 Å². The predicted octanol–water partition coefficient (Wildman–Crippen LogP) is 2.68. The van der Waals surface area contributed by atoms with Gasteiger partial charge in [0.1, 0.15) is 16.5 Å². The number of hydrogen-bond donors (Lipinski definition) is 0. The Hall–Kier alpha value is -1.74. The molecule has 0 aromatic carbocycles. The third-order valence-electron chi connectivity index (χ3n) is 2.95. The van der Waals surface area contributed by atoms with Crippen molar-refractivity contribution in [2.45, 2.75) is 26.4 Å². The van der Waals surface area contributed by atoms with Crippen molar-refractivity contribution in [1.82, 2.24) is 4.90 Å². The third-order valence-corrected chi connectivity index (χ3v) is 4.00. The van der Waals surface area contributed by atoms with Gasteiger partial charge in [-0.3, -0.25) is 0 Å². The molecular weight excluding hydrogens is 274 g/mol. The largest absolute Gasteiger partial charge is 0.444 e. The van der Waals surface area contributed by atoms with E-state index in [9.17, 15) is 4.79 Å². The highest BCUT2D eigenvalue weighted by Gasteiger charge is 2.26. The number of rotatable bonds is 1. The average Bonchev–Trinajstić information content (AvgIpc) is 2.85. The molecule has 20 heavy (non-hydrogen) atoms. The Bertz CT molecular complexity index is 519. The zero-order chi connectivity index (χ0) is 14.8. The molecule has 1 amide bonds. The number of piperazine rings is 1. The summed E-state index contributed by atoms with van der Waals surface area (Å²) in [6.45, 7) is 8.45. The first-order chi connectivity index (χ1) is 9.39. The molecule has 0 bridgehead atoms. The molecule has 0 saturated carbocycles. The number of carbonyl (C=O) groups is 1. The van der Waals surface area contributed by atoms with Gasteiger partial charge in [0.15, 0.2) is 0 Å². The van der Waals surface area contributed by atoms with Crippen LogP contribution in [0.4, 0.5) is 9.80 Å². The molecule has 1 saturated heterocycles. The summed E-state index contributed by atoms with van der Waals surface area (Å²) in [7, 11) is 0. The van der Waals surface area contributed by atoms with Gasteiger partial charge in [0.2, 0.25) is 0 Å². The molecule has 0 spiro atoms. The molecule has 1 fully saturated rings. The molecule has 0 aliphatic carbocycles. The lowest BCUT2D eigenvalue weighted by Crippen LogP contribution is -2.49. The maximum atomic E-state index is 12.0. The number of amides is 1. The molecular formula is C14H19N3O2S. The minimum Gasteiger partial charge on any atom is -0.444 e. The molecule has 0 radical (unpaired) electrons. The lowest BCUT2D eigenvalue weighted by molar-refractivity contribution is 0.0241. The van der Waals surface area contributed by atoms with Crippen molar-refractivity contribution in [3.8, 4) is 6.07 Å². The molecule has 2 rings (SSSR count). The smallest absolute Gasteiger partial charge is 0.410 e. The summed E-state index contributed by atoms with van der Waals surface area (Å²) in [6, 6.07) is 5.94. The summed E-state index contributed by atoms with van der Waals surface area (Å²) in [5.74, 6) is 0. The van der Waals surface area contributed by atoms with E-state index in [-0.39, 0.29) is 6.09 Å². The summed E-state index contributed by atoms with van der Waals surface area (Å²) in [5.41, 5.74) is -0.455. The monoisotopic (exact) mass is 293 g/mol. The van der Waals surface area contributed by atoms with E-state index in [0.717, 1.165) is 23.0 Å². The Morgan fingerprint density at radius 1 is 1.30 bits per heavy atom. The SMILES string of the molecule is CC(C)(C)OC(=O)N1CCN(c2ccc(C#N)s2)CC1. The first-order valence-electron chi connectivity index (χ1n) is 6.62. The van der Waals surface area contributed by atoms with E-state index in [1.54, 1.807) is 4.90 Å². The average molecular weight is 293 g/mol.